The molecule has 0 spiro atoms. The minimum Gasteiger partial charge on any atom is -0.309 e. The third kappa shape index (κ3) is 3.37. The predicted octanol–water partition coefficient (Wildman–Crippen LogP) is 10.0. The molecule has 2 heteroatoms. The Hall–Kier alpha value is -4.14. The molecule has 36 heavy (non-hydrogen) atoms. The van der Waals surface area contributed by atoms with E-state index in [0.29, 0.717) is 0 Å². The van der Waals surface area contributed by atoms with Gasteiger partial charge in [0.15, 0.2) is 0 Å². The summed E-state index contributed by atoms with van der Waals surface area (Å²) in [4.78, 5) is 0. The van der Waals surface area contributed by atoms with Gasteiger partial charge in [-0.2, -0.15) is 0 Å². The van der Waals surface area contributed by atoms with Crippen LogP contribution in [0.3, 0.4) is 0 Å². The Bertz CT molecular complexity index is 1890. The Morgan fingerprint density at radius 2 is 1.06 bits per heavy atom. The van der Waals surface area contributed by atoms with Crippen LogP contribution in [-0.4, -0.2) is 4.57 Å². The zero-order chi connectivity index (χ0) is 24.1. The number of para-hydroxylation sites is 1. The third-order valence-corrected chi connectivity index (χ3v) is 7.60. The second kappa shape index (κ2) is 8.51. The monoisotopic (exact) mass is 523 g/mol. The quantitative estimate of drug-likeness (QED) is 0.217. The van der Waals surface area contributed by atoms with Gasteiger partial charge in [0, 0.05) is 20.6 Å². The molecule has 1 heterocycles. The van der Waals surface area contributed by atoms with Crippen molar-refractivity contribution < 1.29 is 0 Å². The number of rotatable bonds is 3. The largest absolute Gasteiger partial charge is 0.309 e. The normalized spacial score (nSPS) is 11.5. The minimum absolute atomic E-state index is 1.09. The average Bonchev–Trinajstić information content (AvgIpc) is 3.27. The van der Waals surface area contributed by atoms with Crippen LogP contribution in [0.2, 0.25) is 0 Å². The molecule has 7 aromatic rings. The molecule has 0 aliphatic carbocycles. The molecule has 0 saturated heterocycles. The van der Waals surface area contributed by atoms with E-state index in [1.165, 1.54) is 60.5 Å². The van der Waals surface area contributed by atoms with Crippen LogP contribution in [0.25, 0.3) is 60.5 Å². The lowest BCUT2D eigenvalue weighted by Gasteiger charge is -2.13. The molecule has 1 aromatic heterocycles. The summed E-state index contributed by atoms with van der Waals surface area (Å²) in [6.45, 7) is 0. The standard InChI is InChI=1S/C34H22BrN/c35-26-19-16-24(17-20-26)27-10-3-4-11-28(27)25-18-21-31-30-13-5-6-14-33(30)36(34(31)22-25)32-15-7-9-23-8-1-2-12-29(23)32/h1-22H. The number of fused-ring (bicyclic) bond motifs is 4. The molecule has 6 aromatic carbocycles. The van der Waals surface area contributed by atoms with Crippen LogP contribution >= 0.6 is 15.9 Å². The molecule has 1 nitrogen and oxygen atoms in total. The lowest BCUT2D eigenvalue weighted by atomic mass is 9.94. The lowest BCUT2D eigenvalue weighted by Crippen LogP contribution is -1.95. The van der Waals surface area contributed by atoms with E-state index in [1.54, 1.807) is 0 Å². The maximum absolute atomic E-state index is 3.57. The maximum atomic E-state index is 3.57. The molecule has 7 rings (SSSR count). The highest BCUT2D eigenvalue weighted by molar-refractivity contribution is 9.10. The van der Waals surface area contributed by atoms with Crippen LogP contribution in [0.15, 0.2) is 138 Å². The van der Waals surface area contributed by atoms with Crippen LogP contribution in [0.5, 0.6) is 0 Å². The minimum atomic E-state index is 1.09. The molecule has 0 aliphatic rings. The second-order valence-electron chi connectivity index (χ2n) is 9.14. The SMILES string of the molecule is Brc1ccc(-c2ccccc2-c2ccc3c4ccccc4n(-c4cccc5ccccc45)c3c2)cc1. The van der Waals surface area contributed by atoms with Crippen LogP contribution in [-0.2, 0) is 0 Å². The first-order chi connectivity index (χ1) is 17.8. The van der Waals surface area contributed by atoms with E-state index in [0.717, 1.165) is 4.47 Å². The third-order valence-electron chi connectivity index (χ3n) is 7.07. The topological polar surface area (TPSA) is 4.93 Å². The highest BCUT2D eigenvalue weighted by atomic mass is 79.9. The molecule has 0 saturated carbocycles. The number of halogens is 1. The van der Waals surface area contributed by atoms with Crippen LogP contribution in [0.4, 0.5) is 0 Å². The van der Waals surface area contributed by atoms with Gasteiger partial charge in [0.25, 0.3) is 0 Å². The van der Waals surface area contributed by atoms with Gasteiger partial charge in [-0.05, 0) is 58.0 Å². The average molecular weight is 524 g/mol. The van der Waals surface area contributed by atoms with Crippen molar-refractivity contribution in [3.63, 3.8) is 0 Å². The van der Waals surface area contributed by atoms with Gasteiger partial charge in [0.2, 0.25) is 0 Å². The van der Waals surface area contributed by atoms with Crippen molar-refractivity contribution in [2.45, 2.75) is 0 Å². The summed E-state index contributed by atoms with van der Waals surface area (Å²) in [5.41, 5.74) is 8.54. The molecule has 0 N–H and O–H groups in total. The van der Waals surface area contributed by atoms with Gasteiger partial charge < -0.3 is 4.57 Å². The van der Waals surface area contributed by atoms with Crippen molar-refractivity contribution in [2.75, 3.05) is 0 Å². The van der Waals surface area contributed by atoms with E-state index in [4.69, 9.17) is 0 Å². The lowest BCUT2D eigenvalue weighted by molar-refractivity contribution is 1.20. The summed E-state index contributed by atoms with van der Waals surface area (Å²) in [6.07, 6.45) is 0. The number of nitrogens with zero attached hydrogens (tertiary/aromatic N) is 1. The Labute approximate surface area is 218 Å². The van der Waals surface area contributed by atoms with Gasteiger partial charge in [0.05, 0.1) is 16.7 Å². The van der Waals surface area contributed by atoms with E-state index in [1.807, 2.05) is 0 Å². The van der Waals surface area contributed by atoms with E-state index in [2.05, 4.69) is 154 Å². The summed E-state index contributed by atoms with van der Waals surface area (Å²) in [5, 5.41) is 5.04. The molecule has 0 fully saturated rings. The highest BCUT2D eigenvalue weighted by Crippen LogP contribution is 2.39. The molecular weight excluding hydrogens is 502 g/mol. The zero-order valence-electron chi connectivity index (χ0n) is 19.5. The number of benzene rings is 6. The van der Waals surface area contributed by atoms with Crippen molar-refractivity contribution in [1.82, 2.24) is 4.57 Å². The molecule has 0 bridgehead atoms. The van der Waals surface area contributed by atoms with Crippen molar-refractivity contribution in [2.24, 2.45) is 0 Å². The van der Waals surface area contributed by atoms with Crippen molar-refractivity contribution in [1.29, 1.82) is 0 Å². The fraction of sp³-hybridized carbons (Fsp3) is 0. The van der Waals surface area contributed by atoms with Crippen molar-refractivity contribution >= 4 is 48.5 Å². The molecule has 0 unspecified atom stereocenters. The summed E-state index contributed by atoms with van der Waals surface area (Å²) < 4.78 is 3.52. The summed E-state index contributed by atoms with van der Waals surface area (Å²) in [5.74, 6) is 0. The Morgan fingerprint density at radius 1 is 0.444 bits per heavy atom. The van der Waals surface area contributed by atoms with Gasteiger partial charge >= 0.3 is 0 Å². The zero-order valence-corrected chi connectivity index (χ0v) is 21.1. The van der Waals surface area contributed by atoms with Crippen molar-refractivity contribution in [3.8, 4) is 27.9 Å². The van der Waals surface area contributed by atoms with Crippen LogP contribution in [0.1, 0.15) is 0 Å². The Kier molecular flexibility index (Phi) is 5.00. The number of hydrogen-bond donors (Lipinski definition) is 0. The molecule has 0 aliphatic heterocycles. The van der Waals surface area contributed by atoms with Gasteiger partial charge in [-0.15, -0.1) is 0 Å². The molecule has 0 radical (unpaired) electrons. The Morgan fingerprint density at radius 3 is 1.89 bits per heavy atom. The fourth-order valence-corrected chi connectivity index (χ4v) is 5.68. The van der Waals surface area contributed by atoms with Gasteiger partial charge in [-0.3, -0.25) is 0 Å². The summed E-state index contributed by atoms with van der Waals surface area (Å²) in [6, 6.07) is 48.1. The fourth-order valence-electron chi connectivity index (χ4n) is 5.42. The first-order valence-corrected chi connectivity index (χ1v) is 12.9. The van der Waals surface area contributed by atoms with Crippen LogP contribution in [0, 0.1) is 0 Å². The van der Waals surface area contributed by atoms with Gasteiger partial charge in [0.1, 0.15) is 0 Å². The van der Waals surface area contributed by atoms with Crippen molar-refractivity contribution in [3.05, 3.63) is 138 Å². The van der Waals surface area contributed by atoms with E-state index < -0.39 is 0 Å². The number of hydrogen-bond acceptors (Lipinski definition) is 0. The van der Waals surface area contributed by atoms with Crippen LogP contribution < -0.4 is 0 Å². The second-order valence-corrected chi connectivity index (χ2v) is 10.1. The molecule has 0 amide bonds. The van der Waals surface area contributed by atoms with Gasteiger partial charge in [-0.1, -0.05) is 119 Å². The summed E-state index contributed by atoms with van der Waals surface area (Å²) >= 11 is 3.57. The maximum Gasteiger partial charge on any atom is 0.0547 e. The first-order valence-electron chi connectivity index (χ1n) is 12.1. The molecule has 0 atom stereocenters. The molecular formula is C34H22BrN. The smallest absolute Gasteiger partial charge is 0.0547 e. The van der Waals surface area contributed by atoms with Gasteiger partial charge in [-0.25, -0.2) is 0 Å². The van der Waals surface area contributed by atoms with E-state index in [-0.39, 0.29) is 0 Å². The molecule has 170 valence electrons. The van der Waals surface area contributed by atoms with E-state index >= 15 is 0 Å². The predicted molar refractivity (Wildman–Crippen MR) is 157 cm³/mol. The first kappa shape index (κ1) is 21.2. The highest BCUT2D eigenvalue weighted by Gasteiger charge is 2.16. The van der Waals surface area contributed by atoms with E-state index in [9.17, 15) is 0 Å². The summed E-state index contributed by atoms with van der Waals surface area (Å²) in [7, 11) is 0. The number of aromatic nitrogens is 1. The Balaban J connectivity index is 1.53.